The highest BCUT2D eigenvalue weighted by molar-refractivity contribution is 7.89. The van der Waals surface area contributed by atoms with E-state index in [1.165, 1.54) is 10.5 Å². The van der Waals surface area contributed by atoms with Crippen LogP contribution in [0.15, 0.2) is 23.4 Å². The summed E-state index contributed by atoms with van der Waals surface area (Å²) in [4.78, 5) is 14.6. The molecule has 2 aliphatic heterocycles. The molecule has 0 aromatic carbocycles. The van der Waals surface area contributed by atoms with Gasteiger partial charge >= 0.3 is 5.97 Å². The molecule has 0 bridgehead atoms. The first kappa shape index (κ1) is 16.3. The summed E-state index contributed by atoms with van der Waals surface area (Å²) in [6.07, 6.45) is 2.65. The quantitative estimate of drug-likeness (QED) is 0.844. The number of pyridine rings is 1. The average Bonchev–Trinajstić information content (AvgIpc) is 2.94. The summed E-state index contributed by atoms with van der Waals surface area (Å²) < 4.78 is 38.3. The Labute approximate surface area is 134 Å². The van der Waals surface area contributed by atoms with Crippen LogP contribution >= 0.6 is 0 Å². The van der Waals surface area contributed by atoms with Gasteiger partial charge in [-0.15, -0.1) is 0 Å². The topological polar surface area (TPSA) is 106 Å². The van der Waals surface area contributed by atoms with Gasteiger partial charge in [-0.25, -0.2) is 13.2 Å². The van der Waals surface area contributed by atoms with Gasteiger partial charge in [-0.1, -0.05) is 0 Å². The summed E-state index contributed by atoms with van der Waals surface area (Å²) in [5.74, 6) is -1.22. The van der Waals surface area contributed by atoms with Gasteiger partial charge in [-0.2, -0.15) is 4.31 Å². The van der Waals surface area contributed by atoms with Crippen LogP contribution in [0.5, 0.6) is 0 Å². The van der Waals surface area contributed by atoms with E-state index in [0.29, 0.717) is 19.6 Å². The molecule has 0 radical (unpaired) electrons. The number of sulfonamides is 1. The molecule has 2 atom stereocenters. The second-order valence-corrected chi connectivity index (χ2v) is 7.86. The number of carboxylic acid groups (broad SMARTS) is 1. The van der Waals surface area contributed by atoms with Gasteiger partial charge in [0.15, 0.2) is 0 Å². The third-order valence-corrected chi connectivity index (χ3v) is 5.82. The number of carboxylic acids is 1. The van der Waals surface area contributed by atoms with Crippen molar-refractivity contribution in [2.45, 2.75) is 29.9 Å². The molecule has 3 rings (SSSR count). The summed E-state index contributed by atoms with van der Waals surface area (Å²) in [6.45, 7) is 3.11. The molecule has 1 N–H and O–H groups in total. The number of ether oxygens (including phenoxy) is 2. The first-order chi connectivity index (χ1) is 10.8. The molecule has 8 nitrogen and oxygen atoms in total. The van der Waals surface area contributed by atoms with E-state index in [0.717, 1.165) is 12.3 Å². The molecule has 0 saturated carbocycles. The zero-order valence-corrected chi connectivity index (χ0v) is 13.5. The lowest BCUT2D eigenvalue weighted by Gasteiger charge is -2.42. The fraction of sp³-hybridized carbons (Fsp3) is 0.571. The normalized spacial score (nSPS) is 29.0. The molecule has 2 fully saturated rings. The van der Waals surface area contributed by atoms with Gasteiger partial charge in [0, 0.05) is 38.5 Å². The number of rotatable bonds is 3. The molecule has 1 aromatic heterocycles. The number of hydrogen-bond acceptors (Lipinski definition) is 6. The Balaban J connectivity index is 1.92. The minimum atomic E-state index is -3.84. The van der Waals surface area contributed by atoms with Crippen LogP contribution < -0.4 is 0 Å². The van der Waals surface area contributed by atoms with Gasteiger partial charge in [-0.05, 0) is 13.0 Å². The smallest absolute Gasteiger partial charge is 0.337 e. The summed E-state index contributed by atoms with van der Waals surface area (Å²) in [5, 5.41) is 9.01. The summed E-state index contributed by atoms with van der Waals surface area (Å²) in [6, 6.07) is 1.13. The van der Waals surface area contributed by atoms with Crippen molar-refractivity contribution < 1.29 is 27.8 Å². The second-order valence-electron chi connectivity index (χ2n) is 5.93. The van der Waals surface area contributed by atoms with Crippen molar-refractivity contribution in [1.82, 2.24) is 9.29 Å². The van der Waals surface area contributed by atoms with Crippen LogP contribution in [0.3, 0.4) is 0 Å². The monoisotopic (exact) mass is 342 g/mol. The Morgan fingerprint density at radius 2 is 2.26 bits per heavy atom. The summed E-state index contributed by atoms with van der Waals surface area (Å²) >= 11 is 0. The van der Waals surface area contributed by atoms with Gasteiger partial charge in [0.25, 0.3) is 0 Å². The highest BCUT2D eigenvalue weighted by atomic mass is 32.2. The van der Waals surface area contributed by atoms with E-state index in [1.54, 1.807) is 0 Å². The molecule has 23 heavy (non-hydrogen) atoms. The molecule has 1 aromatic rings. The maximum absolute atomic E-state index is 12.8. The zero-order chi connectivity index (χ0) is 16.7. The number of hydrogen-bond donors (Lipinski definition) is 1. The number of morpholine rings is 1. The first-order valence-electron chi connectivity index (χ1n) is 7.26. The van der Waals surface area contributed by atoms with Gasteiger partial charge in [0.2, 0.25) is 10.0 Å². The Morgan fingerprint density at radius 3 is 2.91 bits per heavy atom. The lowest BCUT2D eigenvalue weighted by molar-refractivity contribution is -0.130. The maximum Gasteiger partial charge on any atom is 0.337 e. The fourth-order valence-corrected chi connectivity index (χ4v) is 4.57. The van der Waals surface area contributed by atoms with Gasteiger partial charge in [-0.3, -0.25) is 4.98 Å². The van der Waals surface area contributed by atoms with Crippen LogP contribution in [-0.4, -0.2) is 66.8 Å². The van der Waals surface area contributed by atoms with Gasteiger partial charge < -0.3 is 14.6 Å². The van der Waals surface area contributed by atoms with Crippen molar-refractivity contribution in [3.8, 4) is 0 Å². The minimum Gasteiger partial charge on any atom is -0.478 e. The van der Waals surface area contributed by atoms with E-state index in [1.807, 2.05) is 6.92 Å². The van der Waals surface area contributed by atoms with Crippen LogP contribution in [0.4, 0.5) is 0 Å². The molecule has 0 aliphatic carbocycles. The van der Waals surface area contributed by atoms with Crippen LogP contribution in [0, 0.1) is 0 Å². The van der Waals surface area contributed by atoms with Crippen LogP contribution in [0.25, 0.3) is 0 Å². The average molecular weight is 342 g/mol. The molecule has 2 aliphatic rings. The molecule has 9 heteroatoms. The van der Waals surface area contributed by atoms with Crippen molar-refractivity contribution in [2.24, 2.45) is 0 Å². The van der Waals surface area contributed by atoms with Crippen LogP contribution in [-0.2, 0) is 19.5 Å². The van der Waals surface area contributed by atoms with E-state index in [-0.39, 0.29) is 29.7 Å². The molecule has 1 spiro atoms. The molecule has 0 amide bonds. The second kappa shape index (κ2) is 5.82. The number of aromatic carboxylic acids is 1. The third-order valence-electron chi connectivity index (χ3n) is 4.04. The highest BCUT2D eigenvalue weighted by Crippen LogP contribution is 2.32. The van der Waals surface area contributed by atoms with Crippen LogP contribution in [0.1, 0.15) is 23.7 Å². The summed E-state index contributed by atoms with van der Waals surface area (Å²) in [5.41, 5.74) is -0.783. The van der Waals surface area contributed by atoms with E-state index >= 15 is 0 Å². The molecule has 2 unspecified atom stereocenters. The van der Waals surface area contributed by atoms with Crippen molar-refractivity contribution in [3.05, 3.63) is 24.0 Å². The Kier molecular flexibility index (Phi) is 4.13. The standard InChI is InChI=1S/C14H18N2O6S/c1-10-7-16(8-14(22-10)2-3-21-9-14)23(19,20)12-4-11(13(17)18)5-15-6-12/h4-6,10H,2-3,7-9H2,1H3,(H,17,18). The molecule has 2 saturated heterocycles. The Hall–Kier alpha value is -1.55. The van der Waals surface area contributed by atoms with Crippen molar-refractivity contribution in [2.75, 3.05) is 26.3 Å². The number of carbonyl (C=O) groups is 1. The van der Waals surface area contributed by atoms with Crippen molar-refractivity contribution >= 4 is 16.0 Å². The van der Waals surface area contributed by atoms with E-state index < -0.39 is 21.6 Å². The van der Waals surface area contributed by atoms with Crippen LogP contribution in [0.2, 0.25) is 0 Å². The highest BCUT2D eigenvalue weighted by Gasteiger charge is 2.46. The predicted octanol–water partition coefficient (Wildman–Crippen LogP) is 0.348. The molecule has 3 heterocycles. The minimum absolute atomic E-state index is 0.124. The SMILES string of the molecule is CC1CN(S(=O)(=O)c2cncc(C(=O)O)c2)CC2(CCOC2)O1. The number of nitrogens with zero attached hydrogens (tertiary/aromatic N) is 2. The Morgan fingerprint density at radius 1 is 1.48 bits per heavy atom. The van der Waals surface area contributed by atoms with Gasteiger partial charge in [0.05, 0.1) is 18.3 Å². The molecular weight excluding hydrogens is 324 g/mol. The largest absolute Gasteiger partial charge is 0.478 e. The van der Waals surface area contributed by atoms with E-state index in [2.05, 4.69) is 4.98 Å². The Bertz CT molecular complexity index is 714. The third kappa shape index (κ3) is 3.09. The lowest BCUT2D eigenvalue weighted by atomic mass is 10.0. The fourth-order valence-electron chi connectivity index (χ4n) is 2.99. The lowest BCUT2D eigenvalue weighted by Crippen LogP contribution is -2.56. The number of aromatic nitrogens is 1. The molecular formula is C14H18N2O6S. The van der Waals surface area contributed by atoms with E-state index in [4.69, 9.17) is 14.6 Å². The zero-order valence-electron chi connectivity index (χ0n) is 12.6. The van der Waals surface area contributed by atoms with Crippen molar-refractivity contribution in [3.63, 3.8) is 0 Å². The van der Waals surface area contributed by atoms with E-state index in [9.17, 15) is 13.2 Å². The first-order valence-corrected chi connectivity index (χ1v) is 8.70. The van der Waals surface area contributed by atoms with Crippen molar-refractivity contribution in [1.29, 1.82) is 0 Å². The van der Waals surface area contributed by atoms with Gasteiger partial charge in [0.1, 0.15) is 10.5 Å². The molecule has 126 valence electrons. The predicted molar refractivity (Wildman–Crippen MR) is 78.7 cm³/mol. The maximum atomic E-state index is 12.8. The summed E-state index contributed by atoms with van der Waals surface area (Å²) in [7, 11) is -3.84.